The predicted molar refractivity (Wildman–Crippen MR) is 68.5 cm³/mol. The minimum atomic E-state index is -0.711. The molecule has 0 saturated heterocycles. The second kappa shape index (κ2) is 8.74. The monoisotopic (exact) mass is 238 g/mol. The highest BCUT2D eigenvalue weighted by Crippen LogP contribution is 2.22. The van der Waals surface area contributed by atoms with Crippen LogP contribution in [0.4, 0.5) is 0 Å². The molecule has 0 aromatic heterocycles. The van der Waals surface area contributed by atoms with Crippen LogP contribution in [0.15, 0.2) is 25.3 Å². The Bertz CT molecular complexity index is 281. The summed E-state index contributed by atoms with van der Waals surface area (Å²) in [6.07, 6.45) is 6.01. The van der Waals surface area contributed by atoms with Crippen molar-refractivity contribution >= 4 is 11.8 Å². The second-order valence-corrected chi connectivity index (χ2v) is 3.96. The Morgan fingerprint density at radius 2 is 2.00 bits per heavy atom. The van der Waals surface area contributed by atoms with Crippen molar-refractivity contribution in [1.29, 1.82) is 0 Å². The molecule has 3 nitrogen and oxygen atoms in total. The third kappa shape index (κ3) is 5.48. The van der Waals surface area contributed by atoms with Crippen LogP contribution in [-0.2, 0) is 14.3 Å². The Balaban J connectivity index is 4.62. The average Bonchev–Trinajstić information content (AvgIpc) is 2.27. The summed E-state index contributed by atoms with van der Waals surface area (Å²) < 4.78 is 4.93. The second-order valence-electron chi connectivity index (χ2n) is 3.96. The molecular formula is C14H22O3. The molecule has 2 atom stereocenters. The first-order valence-electron chi connectivity index (χ1n) is 5.99. The molecule has 0 radical (unpaired) electrons. The minimum absolute atomic E-state index is 0.147. The molecule has 0 aromatic carbocycles. The lowest BCUT2D eigenvalue weighted by Crippen LogP contribution is -2.30. The van der Waals surface area contributed by atoms with Gasteiger partial charge in [0.15, 0.2) is 0 Å². The normalized spacial score (nSPS) is 13.5. The Kier molecular flexibility index (Phi) is 8.03. The number of ketones is 1. The average molecular weight is 238 g/mol. The van der Waals surface area contributed by atoms with E-state index in [0.717, 1.165) is 19.3 Å². The van der Waals surface area contributed by atoms with Crippen LogP contribution in [-0.4, -0.2) is 18.4 Å². The van der Waals surface area contributed by atoms with Gasteiger partial charge >= 0.3 is 5.97 Å². The van der Waals surface area contributed by atoms with Crippen molar-refractivity contribution in [3.8, 4) is 0 Å². The number of carbonyl (C=O) groups is 2. The van der Waals surface area contributed by atoms with E-state index in [0.29, 0.717) is 6.61 Å². The van der Waals surface area contributed by atoms with Gasteiger partial charge in [0.25, 0.3) is 0 Å². The number of allylic oxidation sites excluding steroid dienone is 2. The molecule has 0 fully saturated rings. The van der Waals surface area contributed by atoms with E-state index in [1.165, 1.54) is 6.92 Å². The fourth-order valence-electron chi connectivity index (χ4n) is 1.79. The smallest absolute Gasteiger partial charge is 0.317 e. The summed E-state index contributed by atoms with van der Waals surface area (Å²) in [6, 6.07) is 0. The fraction of sp³-hybridized carbons (Fsp3) is 0.571. The largest absolute Gasteiger partial charge is 0.465 e. The van der Waals surface area contributed by atoms with E-state index in [1.54, 1.807) is 13.0 Å². The molecule has 17 heavy (non-hydrogen) atoms. The van der Waals surface area contributed by atoms with Gasteiger partial charge in [0.1, 0.15) is 11.7 Å². The number of unbranched alkanes of at least 4 members (excludes halogenated alkanes) is 1. The maximum atomic E-state index is 11.7. The van der Waals surface area contributed by atoms with Gasteiger partial charge in [0.05, 0.1) is 6.61 Å². The zero-order chi connectivity index (χ0) is 13.3. The highest BCUT2D eigenvalue weighted by Gasteiger charge is 2.31. The van der Waals surface area contributed by atoms with Gasteiger partial charge in [-0.3, -0.25) is 9.59 Å². The van der Waals surface area contributed by atoms with E-state index >= 15 is 0 Å². The van der Waals surface area contributed by atoms with Crippen molar-refractivity contribution in [3.63, 3.8) is 0 Å². The molecule has 0 heterocycles. The number of carbonyl (C=O) groups excluding carboxylic acids is 2. The molecule has 0 N–H and O–H groups in total. The fourth-order valence-corrected chi connectivity index (χ4v) is 1.79. The molecule has 0 bridgehead atoms. The highest BCUT2D eigenvalue weighted by atomic mass is 16.5. The molecule has 0 aliphatic heterocycles. The third-order valence-electron chi connectivity index (χ3n) is 2.66. The lowest BCUT2D eigenvalue weighted by atomic mass is 9.85. The standard InChI is InChI=1S/C14H22O3/c1-5-8-9-10-12(6-2)13(11(4)15)14(16)17-7-3/h5-6,12-13H,1-2,7-10H2,3-4H3. The molecule has 0 rings (SSSR count). The molecule has 2 unspecified atom stereocenters. The van der Waals surface area contributed by atoms with E-state index < -0.39 is 11.9 Å². The first-order chi connectivity index (χ1) is 8.08. The predicted octanol–water partition coefficient (Wildman–Crippen LogP) is 2.91. The Morgan fingerprint density at radius 3 is 2.41 bits per heavy atom. The molecule has 0 aliphatic rings. The zero-order valence-corrected chi connectivity index (χ0v) is 10.8. The first kappa shape index (κ1) is 15.6. The van der Waals surface area contributed by atoms with E-state index in [1.807, 2.05) is 6.08 Å². The lowest BCUT2D eigenvalue weighted by molar-refractivity contribution is -0.152. The molecule has 0 amide bonds. The highest BCUT2D eigenvalue weighted by molar-refractivity contribution is 5.98. The van der Waals surface area contributed by atoms with Crippen LogP contribution in [0.1, 0.15) is 33.1 Å². The van der Waals surface area contributed by atoms with Crippen LogP contribution in [0.5, 0.6) is 0 Å². The van der Waals surface area contributed by atoms with E-state index in [2.05, 4.69) is 13.2 Å². The van der Waals surface area contributed by atoms with Crippen LogP contribution < -0.4 is 0 Å². The minimum Gasteiger partial charge on any atom is -0.465 e. The Labute approximate surface area is 104 Å². The van der Waals surface area contributed by atoms with Crippen molar-refractivity contribution in [1.82, 2.24) is 0 Å². The van der Waals surface area contributed by atoms with Gasteiger partial charge < -0.3 is 4.74 Å². The Hall–Kier alpha value is -1.38. The third-order valence-corrected chi connectivity index (χ3v) is 2.66. The summed E-state index contributed by atoms with van der Waals surface area (Å²) in [4.78, 5) is 23.2. The number of ether oxygens (including phenoxy) is 1. The molecule has 0 aromatic rings. The van der Waals surface area contributed by atoms with Crippen molar-refractivity contribution in [2.24, 2.45) is 11.8 Å². The van der Waals surface area contributed by atoms with Crippen molar-refractivity contribution < 1.29 is 14.3 Å². The van der Waals surface area contributed by atoms with Crippen molar-refractivity contribution in [2.45, 2.75) is 33.1 Å². The number of rotatable bonds is 9. The van der Waals surface area contributed by atoms with Crippen LogP contribution in [0.25, 0.3) is 0 Å². The van der Waals surface area contributed by atoms with Gasteiger partial charge in [0.2, 0.25) is 0 Å². The molecular weight excluding hydrogens is 216 g/mol. The number of hydrogen-bond donors (Lipinski definition) is 0. The molecule has 0 saturated carbocycles. The summed E-state index contributed by atoms with van der Waals surface area (Å²) in [6.45, 7) is 10.8. The van der Waals surface area contributed by atoms with Gasteiger partial charge in [-0.25, -0.2) is 0 Å². The number of Topliss-reactive ketones (excluding diaryl/α,β-unsaturated/α-hetero) is 1. The van der Waals surface area contributed by atoms with Gasteiger partial charge in [-0.15, -0.1) is 13.2 Å². The summed E-state index contributed by atoms with van der Waals surface area (Å²) in [5.41, 5.74) is 0. The summed E-state index contributed by atoms with van der Waals surface area (Å²) >= 11 is 0. The van der Waals surface area contributed by atoms with Crippen LogP contribution >= 0.6 is 0 Å². The summed E-state index contributed by atoms with van der Waals surface area (Å²) in [5.74, 6) is -1.46. The number of hydrogen-bond acceptors (Lipinski definition) is 3. The molecule has 96 valence electrons. The summed E-state index contributed by atoms with van der Waals surface area (Å²) in [5, 5.41) is 0. The van der Waals surface area contributed by atoms with Gasteiger partial charge in [0, 0.05) is 0 Å². The van der Waals surface area contributed by atoms with Crippen LogP contribution in [0, 0.1) is 11.8 Å². The van der Waals surface area contributed by atoms with E-state index in [-0.39, 0.29) is 11.7 Å². The lowest BCUT2D eigenvalue weighted by Gasteiger charge is -2.20. The van der Waals surface area contributed by atoms with E-state index in [4.69, 9.17) is 4.74 Å². The quantitative estimate of drug-likeness (QED) is 0.268. The first-order valence-corrected chi connectivity index (χ1v) is 5.99. The van der Waals surface area contributed by atoms with E-state index in [9.17, 15) is 9.59 Å². The van der Waals surface area contributed by atoms with Crippen LogP contribution in [0.3, 0.4) is 0 Å². The topological polar surface area (TPSA) is 43.4 Å². The molecule has 3 heteroatoms. The maximum Gasteiger partial charge on any atom is 0.317 e. The van der Waals surface area contributed by atoms with Crippen molar-refractivity contribution in [3.05, 3.63) is 25.3 Å². The summed E-state index contributed by atoms with van der Waals surface area (Å²) in [7, 11) is 0. The van der Waals surface area contributed by atoms with Gasteiger partial charge in [-0.2, -0.15) is 0 Å². The van der Waals surface area contributed by atoms with Gasteiger partial charge in [-0.1, -0.05) is 12.2 Å². The SMILES string of the molecule is C=CCCCC(C=C)C(C(C)=O)C(=O)OCC. The molecule has 0 spiro atoms. The van der Waals surface area contributed by atoms with Gasteiger partial charge in [-0.05, 0) is 39.0 Å². The molecule has 0 aliphatic carbocycles. The number of esters is 1. The van der Waals surface area contributed by atoms with Crippen LogP contribution in [0.2, 0.25) is 0 Å². The van der Waals surface area contributed by atoms with Crippen molar-refractivity contribution in [2.75, 3.05) is 6.61 Å². The Morgan fingerprint density at radius 1 is 1.35 bits per heavy atom. The zero-order valence-electron chi connectivity index (χ0n) is 10.8. The maximum absolute atomic E-state index is 11.7.